The summed E-state index contributed by atoms with van der Waals surface area (Å²) in [5.41, 5.74) is 1.24. The average molecular weight is 456 g/mol. The molecule has 0 aliphatic rings. The fourth-order valence-electron chi connectivity index (χ4n) is 3.29. The molecule has 0 spiro atoms. The van der Waals surface area contributed by atoms with E-state index in [9.17, 15) is 19.2 Å². The van der Waals surface area contributed by atoms with Crippen molar-refractivity contribution in [2.24, 2.45) is 0 Å². The Bertz CT molecular complexity index is 1190. The van der Waals surface area contributed by atoms with Crippen molar-refractivity contribution >= 4 is 40.3 Å². The van der Waals surface area contributed by atoms with Crippen molar-refractivity contribution in [1.29, 1.82) is 0 Å². The van der Waals surface area contributed by atoms with E-state index < -0.39 is 23.8 Å². The van der Waals surface area contributed by atoms with Crippen molar-refractivity contribution in [3.05, 3.63) is 81.1 Å². The molecule has 166 valence electrons. The summed E-state index contributed by atoms with van der Waals surface area (Å²) in [7, 11) is 0. The number of carbonyl (C=O) groups is 3. The van der Waals surface area contributed by atoms with Crippen LogP contribution in [-0.4, -0.2) is 40.5 Å². The van der Waals surface area contributed by atoms with Gasteiger partial charge < -0.3 is 20.7 Å². The van der Waals surface area contributed by atoms with Crippen molar-refractivity contribution in [3.8, 4) is 0 Å². The van der Waals surface area contributed by atoms with Gasteiger partial charge >= 0.3 is 5.97 Å². The number of H-pyrrole nitrogens is 1. The molecule has 8 nitrogen and oxygen atoms in total. The Kier molecular flexibility index (Phi) is 7.62. The number of carboxylic acid groups (broad SMARTS) is 1. The number of carboxylic acids is 1. The maximum Gasteiger partial charge on any atom is 0.303 e. The van der Waals surface area contributed by atoms with Crippen LogP contribution in [-0.2, 0) is 16.0 Å². The van der Waals surface area contributed by atoms with Crippen molar-refractivity contribution in [2.45, 2.75) is 25.3 Å². The largest absolute Gasteiger partial charge is 0.481 e. The van der Waals surface area contributed by atoms with E-state index >= 15 is 0 Å². The van der Waals surface area contributed by atoms with Gasteiger partial charge in [-0.1, -0.05) is 29.8 Å². The van der Waals surface area contributed by atoms with E-state index in [1.165, 1.54) is 6.07 Å². The molecule has 9 heteroatoms. The molecule has 0 fully saturated rings. The van der Waals surface area contributed by atoms with Gasteiger partial charge in [0.2, 0.25) is 11.5 Å². The second kappa shape index (κ2) is 10.6. The first-order chi connectivity index (χ1) is 15.3. The van der Waals surface area contributed by atoms with Crippen LogP contribution in [0.1, 0.15) is 28.8 Å². The number of fused-ring (bicyclic) bond motifs is 1. The Balaban J connectivity index is 1.84. The topological polar surface area (TPSA) is 128 Å². The van der Waals surface area contributed by atoms with Gasteiger partial charge in [-0.05, 0) is 42.3 Å². The number of amides is 2. The van der Waals surface area contributed by atoms with Crippen LogP contribution in [0.15, 0.2) is 59.4 Å². The van der Waals surface area contributed by atoms with Gasteiger partial charge in [0.05, 0.1) is 0 Å². The standard InChI is InChI=1S/C23H22ClN3O5/c24-16-9-7-14(8-10-16)22(31)27-19(23(32)25-11-3-6-21(29)30)12-15-13-20(28)26-18-5-2-1-4-17(15)18/h1-2,4-5,7-10,13,19H,3,6,11-12H2,(H,25,32)(H,26,28)(H,27,31)(H,29,30)/t19-/m1/s1. The van der Waals surface area contributed by atoms with Gasteiger partial charge in [-0.2, -0.15) is 0 Å². The lowest BCUT2D eigenvalue weighted by molar-refractivity contribution is -0.137. The highest BCUT2D eigenvalue weighted by atomic mass is 35.5. The third kappa shape index (κ3) is 6.18. The zero-order chi connectivity index (χ0) is 23.1. The molecule has 4 N–H and O–H groups in total. The number of benzene rings is 2. The summed E-state index contributed by atoms with van der Waals surface area (Å²) in [6.45, 7) is 0.147. The van der Waals surface area contributed by atoms with Crippen molar-refractivity contribution in [3.63, 3.8) is 0 Å². The van der Waals surface area contributed by atoms with Crippen LogP contribution in [0.25, 0.3) is 10.9 Å². The van der Waals surface area contributed by atoms with Gasteiger partial charge in [0, 0.05) is 46.9 Å². The summed E-state index contributed by atoms with van der Waals surface area (Å²) in [5, 5.41) is 15.4. The smallest absolute Gasteiger partial charge is 0.303 e. The van der Waals surface area contributed by atoms with Crippen molar-refractivity contribution in [2.75, 3.05) is 6.54 Å². The number of rotatable bonds is 9. The molecule has 3 rings (SSSR count). The molecule has 1 heterocycles. The van der Waals surface area contributed by atoms with E-state index in [0.717, 1.165) is 5.39 Å². The van der Waals surface area contributed by atoms with Gasteiger partial charge in [-0.25, -0.2) is 0 Å². The first-order valence-electron chi connectivity index (χ1n) is 10.0. The minimum atomic E-state index is -0.979. The summed E-state index contributed by atoms with van der Waals surface area (Å²) < 4.78 is 0. The number of aliphatic carboxylic acids is 1. The second-order valence-electron chi connectivity index (χ2n) is 7.23. The molecule has 32 heavy (non-hydrogen) atoms. The molecule has 0 saturated heterocycles. The minimum absolute atomic E-state index is 0.0779. The van der Waals surface area contributed by atoms with Crippen LogP contribution in [0.4, 0.5) is 0 Å². The lowest BCUT2D eigenvalue weighted by Crippen LogP contribution is -2.48. The van der Waals surface area contributed by atoms with Crippen molar-refractivity contribution in [1.82, 2.24) is 15.6 Å². The van der Waals surface area contributed by atoms with Gasteiger partial charge in [0.1, 0.15) is 6.04 Å². The summed E-state index contributed by atoms with van der Waals surface area (Å²) >= 11 is 5.87. The number of pyridine rings is 1. The molecular formula is C23H22ClN3O5. The summed E-state index contributed by atoms with van der Waals surface area (Å²) in [5.74, 6) is -1.90. The van der Waals surface area contributed by atoms with Gasteiger partial charge in [-0.3, -0.25) is 19.2 Å². The first-order valence-corrected chi connectivity index (χ1v) is 10.4. The SMILES string of the molecule is O=C(O)CCCNC(=O)[C@@H](Cc1cc(=O)[nH]c2ccccc12)NC(=O)c1ccc(Cl)cc1. The van der Waals surface area contributed by atoms with Crippen LogP contribution in [0.3, 0.4) is 0 Å². The molecule has 1 atom stereocenters. The second-order valence-corrected chi connectivity index (χ2v) is 7.67. The molecule has 0 unspecified atom stereocenters. The normalized spacial score (nSPS) is 11.7. The summed E-state index contributed by atoms with van der Waals surface area (Å²) in [4.78, 5) is 51.1. The van der Waals surface area contributed by atoms with Crippen LogP contribution < -0.4 is 16.2 Å². The fraction of sp³-hybridized carbons (Fsp3) is 0.217. The maximum absolute atomic E-state index is 12.9. The number of hydrogen-bond donors (Lipinski definition) is 4. The lowest BCUT2D eigenvalue weighted by atomic mass is 10.0. The van der Waals surface area contributed by atoms with Crippen LogP contribution in [0.5, 0.6) is 0 Å². The van der Waals surface area contributed by atoms with Crippen LogP contribution in [0.2, 0.25) is 5.02 Å². The van der Waals surface area contributed by atoms with Crippen LogP contribution >= 0.6 is 11.6 Å². The quantitative estimate of drug-likeness (QED) is 0.368. The fourth-order valence-corrected chi connectivity index (χ4v) is 3.42. The molecule has 0 radical (unpaired) electrons. The maximum atomic E-state index is 12.9. The van der Waals surface area contributed by atoms with Gasteiger partial charge in [-0.15, -0.1) is 0 Å². The molecule has 2 aromatic carbocycles. The average Bonchev–Trinajstić information content (AvgIpc) is 2.76. The lowest BCUT2D eigenvalue weighted by Gasteiger charge is -2.19. The highest BCUT2D eigenvalue weighted by molar-refractivity contribution is 6.30. The number of aromatic amines is 1. The zero-order valence-corrected chi connectivity index (χ0v) is 17.8. The molecule has 0 aliphatic heterocycles. The predicted octanol–water partition coefficient (Wildman–Crippen LogP) is 2.50. The summed E-state index contributed by atoms with van der Waals surface area (Å²) in [6.07, 6.45) is 0.252. The highest BCUT2D eigenvalue weighted by Crippen LogP contribution is 2.17. The molecule has 0 saturated carbocycles. The Morgan fingerprint density at radius 2 is 1.78 bits per heavy atom. The molecular weight excluding hydrogens is 434 g/mol. The Labute approximate surface area is 188 Å². The van der Waals surface area contributed by atoms with Gasteiger partial charge in [0.25, 0.3) is 5.91 Å². The zero-order valence-electron chi connectivity index (χ0n) is 17.1. The van der Waals surface area contributed by atoms with E-state index in [1.54, 1.807) is 36.4 Å². The highest BCUT2D eigenvalue weighted by Gasteiger charge is 2.23. The van der Waals surface area contributed by atoms with E-state index in [4.69, 9.17) is 16.7 Å². The van der Waals surface area contributed by atoms with Crippen LogP contribution in [0, 0.1) is 0 Å². The van der Waals surface area contributed by atoms with E-state index in [0.29, 0.717) is 21.7 Å². The number of halogens is 1. The van der Waals surface area contributed by atoms with Crippen molar-refractivity contribution < 1.29 is 19.5 Å². The first kappa shape index (κ1) is 23.0. The molecule has 3 aromatic rings. The predicted molar refractivity (Wildman–Crippen MR) is 121 cm³/mol. The molecule has 0 bridgehead atoms. The Hall–Kier alpha value is -3.65. The number of carbonyl (C=O) groups excluding carboxylic acids is 2. The minimum Gasteiger partial charge on any atom is -0.481 e. The molecule has 1 aromatic heterocycles. The number of para-hydroxylation sites is 1. The third-order valence-electron chi connectivity index (χ3n) is 4.86. The number of nitrogens with one attached hydrogen (secondary N) is 3. The van der Waals surface area contributed by atoms with E-state index in [1.807, 2.05) is 12.1 Å². The molecule has 2 amide bonds. The monoisotopic (exact) mass is 455 g/mol. The number of aromatic nitrogens is 1. The Morgan fingerprint density at radius 3 is 2.50 bits per heavy atom. The summed E-state index contributed by atoms with van der Waals surface area (Å²) in [6, 6.07) is 13.8. The number of hydrogen-bond acceptors (Lipinski definition) is 4. The molecule has 0 aliphatic carbocycles. The van der Waals surface area contributed by atoms with Gasteiger partial charge in [0.15, 0.2) is 0 Å². The van der Waals surface area contributed by atoms with E-state index in [-0.39, 0.29) is 31.4 Å². The van der Waals surface area contributed by atoms with E-state index in [2.05, 4.69) is 15.6 Å². The Morgan fingerprint density at radius 1 is 1.06 bits per heavy atom. The third-order valence-corrected chi connectivity index (χ3v) is 5.11.